The Hall–Kier alpha value is -1.85. The minimum absolute atomic E-state index is 0.0109. The van der Waals surface area contributed by atoms with E-state index in [-0.39, 0.29) is 40.6 Å². The van der Waals surface area contributed by atoms with Crippen LogP contribution in [-0.4, -0.2) is 27.4 Å². The Balaban J connectivity index is 1.77. The molecule has 1 aliphatic heterocycles. The highest BCUT2D eigenvalue weighted by atomic mass is 16.2. The highest BCUT2D eigenvalue weighted by molar-refractivity contribution is 5.85. The highest BCUT2D eigenvalue weighted by Gasteiger charge is 2.68. The van der Waals surface area contributed by atoms with E-state index in [1.807, 2.05) is 11.6 Å². The molecule has 0 spiro atoms. The zero-order valence-electron chi connectivity index (χ0n) is 14.5. The van der Waals surface area contributed by atoms with Crippen LogP contribution in [-0.2, 0) is 16.6 Å². The Morgan fingerprint density at radius 3 is 2.52 bits per heavy atom. The van der Waals surface area contributed by atoms with E-state index >= 15 is 0 Å². The first-order valence-corrected chi connectivity index (χ1v) is 8.22. The first-order valence-electron chi connectivity index (χ1n) is 8.22. The van der Waals surface area contributed by atoms with Gasteiger partial charge in [-0.3, -0.25) is 9.59 Å². The normalized spacial score (nSPS) is 29.0. The molecule has 0 unspecified atom stereocenters. The lowest BCUT2D eigenvalue weighted by molar-refractivity contribution is -0.128. The van der Waals surface area contributed by atoms with Crippen molar-refractivity contribution < 1.29 is 9.59 Å². The van der Waals surface area contributed by atoms with E-state index in [4.69, 9.17) is 0 Å². The Morgan fingerprint density at radius 2 is 2.00 bits per heavy atom. The second-order valence-corrected chi connectivity index (χ2v) is 8.00. The second-order valence-electron chi connectivity index (χ2n) is 8.00. The van der Waals surface area contributed by atoms with Crippen molar-refractivity contribution in [2.45, 2.75) is 52.6 Å². The smallest absolute Gasteiger partial charge is 0.224 e. The Labute approximate surface area is 137 Å². The maximum atomic E-state index is 12.7. The summed E-state index contributed by atoms with van der Waals surface area (Å²) in [6, 6.07) is -0.319. The van der Waals surface area contributed by atoms with Crippen molar-refractivity contribution >= 4 is 11.8 Å². The van der Waals surface area contributed by atoms with Gasteiger partial charge in [-0.15, -0.1) is 0 Å². The standard InChI is InChI=1S/C17H26N4O2/c1-16(2)14(17(16,3)4)15(23)19-10-6-7-12(22)20-13(10)11-8-18-9-21(11)5/h8-10,13-14H,6-7H2,1-5H3,(H,19,23)(H,20,22)/t10-,13-/m1/s1. The number of piperidine rings is 1. The molecule has 2 fully saturated rings. The van der Waals surface area contributed by atoms with Crippen LogP contribution in [0.3, 0.4) is 0 Å². The second kappa shape index (κ2) is 5.08. The lowest BCUT2D eigenvalue weighted by Gasteiger charge is -2.33. The van der Waals surface area contributed by atoms with Crippen molar-refractivity contribution in [3.05, 3.63) is 18.2 Å². The molecule has 1 aromatic rings. The van der Waals surface area contributed by atoms with Gasteiger partial charge in [0.05, 0.1) is 30.3 Å². The molecule has 1 aromatic heterocycles. The van der Waals surface area contributed by atoms with Gasteiger partial charge in [0.15, 0.2) is 0 Å². The summed E-state index contributed by atoms with van der Waals surface area (Å²) in [7, 11) is 1.90. The molecule has 2 N–H and O–H groups in total. The molecule has 6 nitrogen and oxygen atoms in total. The van der Waals surface area contributed by atoms with E-state index in [9.17, 15) is 9.59 Å². The van der Waals surface area contributed by atoms with Crippen molar-refractivity contribution in [3.63, 3.8) is 0 Å². The van der Waals surface area contributed by atoms with Gasteiger partial charge in [0.2, 0.25) is 11.8 Å². The summed E-state index contributed by atoms with van der Waals surface area (Å²) in [5, 5.41) is 6.18. The van der Waals surface area contributed by atoms with Crippen LogP contribution in [0, 0.1) is 16.7 Å². The van der Waals surface area contributed by atoms with Gasteiger partial charge in [0.25, 0.3) is 0 Å². The third-order valence-electron chi connectivity index (χ3n) is 6.18. The number of rotatable bonds is 3. The molecular formula is C17H26N4O2. The Bertz CT molecular complexity index is 633. The largest absolute Gasteiger partial charge is 0.351 e. The average molecular weight is 318 g/mol. The van der Waals surface area contributed by atoms with Crippen LogP contribution in [0.2, 0.25) is 0 Å². The number of amides is 2. The summed E-state index contributed by atoms with van der Waals surface area (Å²) in [5.41, 5.74) is 0.936. The lowest BCUT2D eigenvalue weighted by atomic mass is 9.95. The number of imidazole rings is 1. The highest BCUT2D eigenvalue weighted by Crippen LogP contribution is 2.68. The van der Waals surface area contributed by atoms with Gasteiger partial charge < -0.3 is 15.2 Å². The fourth-order valence-electron chi connectivity index (χ4n) is 4.02. The molecule has 6 heteroatoms. The Kier molecular flexibility index (Phi) is 3.54. The molecule has 0 bridgehead atoms. The number of aromatic nitrogens is 2. The minimum atomic E-state index is -0.224. The number of carbonyl (C=O) groups excluding carboxylic acids is 2. The van der Waals surface area contributed by atoms with E-state index in [2.05, 4.69) is 43.3 Å². The number of hydrogen-bond acceptors (Lipinski definition) is 3. The molecule has 3 rings (SSSR count). The molecule has 1 saturated heterocycles. The van der Waals surface area contributed by atoms with Crippen LogP contribution >= 0.6 is 0 Å². The van der Waals surface area contributed by atoms with Gasteiger partial charge in [-0.05, 0) is 17.3 Å². The van der Waals surface area contributed by atoms with Gasteiger partial charge in [-0.2, -0.15) is 0 Å². The van der Waals surface area contributed by atoms with Crippen molar-refractivity contribution in [2.24, 2.45) is 23.8 Å². The van der Waals surface area contributed by atoms with E-state index in [1.165, 1.54) is 0 Å². The molecule has 2 amide bonds. The van der Waals surface area contributed by atoms with Crippen molar-refractivity contribution in [1.82, 2.24) is 20.2 Å². The third kappa shape index (κ3) is 2.44. The van der Waals surface area contributed by atoms with Crippen molar-refractivity contribution in [2.75, 3.05) is 0 Å². The van der Waals surface area contributed by atoms with E-state index in [0.717, 1.165) is 5.69 Å². The molecule has 0 aromatic carbocycles. The summed E-state index contributed by atoms with van der Waals surface area (Å²) >= 11 is 0. The predicted molar refractivity (Wildman–Crippen MR) is 86.3 cm³/mol. The van der Waals surface area contributed by atoms with Gasteiger partial charge in [0, 0.05) is 19.4 Å². The molecular weight excluding hydrogens is 292 g/mol. The summed E-state index contributed by atoms with van der Waals surface area (Å²) in [6.07, 6.45) is 4.56. The average Bonchev–Trinajstić information content (AvgIpc) is 2.75. The number of nitrogens with one attached hydrogen (secondary N) is 2. The number of aryl methyl sites for hydroxylation is 1. The van der Waals surface area contributed by atoms with Crippen LogP contribution in [0.15, 0.2) is 12.5 Å². The molecule has 23 heavy (non-hydrogen) atoms. The first kappa shape index (κ1) is 16.0. The Morgan fingerprint density at radius 1 is 1.35 bits per heavy atom. The quantitative estimate of drug-likeness (QED) is 0.887. The third-order valence-corrected chi connectivity index (χ3v) is 6.18. The fourth-order valence-corrected chi connectivity index (χ4v) is 4.02. The van der Waals surface area contributed by atoms with Gasteiger partial charge in [-0.25, -0.2) is 4.98 Å². The molecule has 2 heterocycles. The maximum Gasteiger partial charge on any atom is 0.224 e. The van der Waals surface area contributed by atoms with Crippen LogP contribution in [0.5, 0.6) is 0 Å². The number of carbonyl (C=O) groups is 2. The van der Waals surface area contributed by atoms with Gasteiger partial charge >= 0.3 is 0 Å². The SMILES string of the molecule is Cn1cncc1[C@@H]1NC(=O)CC[C@H]1NC(=O)C1C(C)(C)C1(C)C. The van der Waals surface area contributed by atoms with Gasteiger partial charge in [-0.1, -0.05) is 27.7 Å². The molecule has 1 saturated carbocycles. The minimum Gasteiger partial charge on any atom is -0.351 e. The van der Waals surface area contributed by atoms with Crippen LogP contribution in [0.25, 0.3) is 0 Å². The topological polar surface area (TPSA) is 76.0 Å². The van der Waals surface area contributed by atoms with Crippen molar-refractivity contribution in [3.8, 4) is 0 Å². The van der Waals surface area contributed by atoms with Gasteiger partial charge in [0.1, 0.15) is 0 Å². The molecule has 126 valence electrons. The predicted octanol–water partition coefficient (Wildman–Crippen LogP) is 1.54. The number of nitrogens with zero attached hydrogens (tertiary/aromatic N) is 2. The van der Waals surface area contributed by atoms with E-state index < -0.39 is 0 Å². The first-order chi connectivity index (χ1) is 10.7. The molecule has 0 radical (unpaired) electrons. The summed E-state index contributed by atoms with van der Waals surface area (Å²) < 4.78 is 1.89. The zero-order chi connectivity index (χ0) is 17.0. The summed E-state index contributed by atoms with van der Waals surface area (Å²) in [5.74, 6) is 0.127. The van der Waals surface area contributed by atoms with Crippen LogP contribution < -0.4 is 10.6 Å². The fraction of sp³-hybridized carbons (Fsp3) is 0.706. The molecule has 2 aliphatic rings. The molecule has 1 aliphatic carbocycles. The lowest BCUT2D eigenvalue weighted by Crippen LogP contribution is -2.51. The van der Waals surface area contributed by atoms with E-state index in [1.54, 1.807) is 12.5 Å². The summed E-state index contributed by atoms with van der Waals surface area (Å²) in [4.78, 5) is 28.7. The van der Waals surface area contributed by atoms with Crippen LogP contribution in [0.4, 0.5) is 0 Å². The van der Waals surface area contributed by atoms with E-state index in [0.29, 0.717) is 12.8 Å². The zero-order valence-corrected chi connectivity index (χ0v) is 14.5. The number of hydrogen-bond donors (Lipinski definition) is 2. The summed E-state index contributed by atoms with van der Waals surface area (Å²) in [6.45, 7) is 8.55. The van der Waals surface area contributed by atoms with Crippen molar-refractivity contribution in [1.29, 1.82) is 0 Å². The van der Waals surface area contributed by atoms with Crippen LogP contribution in [0.1, 0.15) is 52.3 Å². The monoisotopic (exact) mass is 318 g/mol. The maximum absolute atomic E-state index is 12.7. The molecule has 2 atom stereocenters.